The summed E-state index contributed by atoms with van der Waals surface area (Å²) in [6.45, 7) is 2.19. The number of rotatable bonds is 4. The standard InChI is InChI=1S/C23H24N2O4/c1-2-29-23(26)16-7-10-19-18(12-16)20-14-3-4-15(11-14)21(20)22(24-19)13-5-8-17(9-6-13)25(27)28/h5-10,12,14-15,20-22,24H,2-4,11H2,1H3. The van der Waals surface area contributed by atoms with Gasteiger partial charge in [0.05, 0.1) is 23.1 Å². The number of hydrogen-bond donors (Lipinski definition) is 1. The first-order valence-electron chi connectivity index (χ1n) is 10.4. The number of nitro benzene ring substituents is 1. The highest BCUT2D eigenvalue weighted by Gasteiger charge is 2.53. The first-order chi connectivity index (χ1) is 14.1. The lowest BCUT2D eigenvalue weighted by atomic mass is 9.68. The molecule has 0 aromatic heterocycles. The lowest BCUT2D eigenvalue weighted by molar-refractivity contribution is -0.384. The molecule has 2 saturated carbocycles. The van der Waals surface area contributed by atoms with Gasteiger partial charge >= 0.3 is 5.97 Å². The molecular weight excluding hydrogens is 368 g/mol. The summed E-state index contributed by atoms with van der Waals surface area (Å²) in [5, 5.41) is 14.7. The fourth-order valence-electron chi connectivity index (χ4n) is 5.96. The number of fused-ring (bicyclic) bond motifs is 7. The fourth-order valence-corrected chi connectivity index (χ4v) is 5.96. The fraction of sp³-hybridized carbons (Fsp3) is 0.435. The number of hydrogen-bond acceptors (Lipinski definition) is 5. The first kappa shape index (κ1) is 18.2. The number of benzene rings is 2. The first-order valence-corrected chi connectivity index (χ1v) is 10.4. The molecule has 2 fully saturated rings. The second kappa shape index (κ2) is 6.87. The number of non-ortho nitro benzene ring substituents is 1. The second-order valence-corrected chi connectivity index (χ2v) is 8.43. The van der Waals surface area contributed by atoms with Crippen LogP contribution in [0.5, 0.6) is 0 Å². The number of esters is 1. The van der Waals surface area contributed by atoms with E-state index in [0.29, 0.717) is 35.8 Å². The van der Waals surface area contributed by atoms with Crippen LogP contribution in [-0.2, 0) is 4.74 Å². The zero-order valence-electron chi connectivity index (χ0n) is 16.3. The molecule has 1 N–H and O–H groups in total. The third-order valence-corrected chi connectivity index (χ3v) is 7.06. The lowest BCUT2D eigenvalue weighted by Crippen LogP contribution is -2.35. The van der Waals surface area contributed by atoms with Crippen LogP contribution < -0.4 is 5.32 Å². The quantitative estimate of drug-likeness (QED) is 0.446. The van der Waals surface area contributed by atoms with Gasteiger partial charge in [0, 0.05) is 17.8 Å². The Morgan fingerprint density at radius 2 is 1.93 bits per heavy atom. The zero-order chi connectivity index (χ0) is 20.1. The van der Waals surface area contributed by atoms with Crippen molar-refractivity contribution < 1.29 is 14.5 Å². The van der Waals surface area contributed by atoms with Gasteiger partial charge in [0.1, 0.15) is 0 Å². The molecule has 6 nitrogen and oxygen atoms in total. The molecule has 0 radical (unpaired) electrons. The molecule has 5 unspecified atom stereocenters. The van der Waals surface area contributed by atoms with Crippen molar-refractivity contribution in [2.45, 2.75) is 38.1 Å². The average molecular weight is 392 g/mol. The van der Waals surface area contributed by atoms with Crippen molar-refractivity contribution in [2.75, 3.05) is 11.9 Å². The van der Waals surface area contributed by atoms with Gasteiger partial charge in [0.15, 0.2) is 0 Å². The molecule has 29 heavy (non-hydrogen) atoms. The van der Waals surface area contributed by atoms with Gasteiger partial charge in [-0.3, -0.25) is 10.1 Å². The van der Waals surface area contributed by atoms with E-state index in [1.807, 2.05) is 37.3 Å². The molecule has 2 bridgehead atoms. The predicted molar refractivity (Wildman–Crippen MR) is 109 cm³/mol. The molecule has 5 rings (SSSR count). The van der Waals surface area contributed by atoms with Crippen LogP contribution in [-0.4, -0.2) is 17.5 Å². The lowest BCUT2D eigenvalue weighted by Gasteiger charge is -2.43. The Balaban J connectivity index is 1.54. The van der Waals surface area contributed by atoms with Crippen LogP contribution in [0.3, 0.4) is 0 Å². The van der Waals surface area contributed by atoms with Gasteiger partial charge in [-0.2, -0.15) is 0 Å². The molecule has 3 aliphatic rings. The largest absolute Gasteiger partial charge is 0.462 e. The van der Waals surface area contributed by atoms with E-state index in [0.717, 1.165) is 11.3 Å². The summed E-state index contributed by atoms with van der Waals surface area (Å²) in [5.74, 6) is 1.88. The van der Waals surface area contributed by atoms with E-state index in [9.17, 15) is 14.9 Å². The summed E-state index contributed by atoms with van der Waals surface area (Å²) < 4.78 is 5.20. The van der Waals surface area contributed by atoms with Crippen LogP contribution in [0.15, 0.2) is 42.5 Å². The van der Waals surface area contributed by atoms with Gasteiger partial charge in [-0.05, 0) is 79.2 Å². The molecule has 0 amide bonds. The highest BCUT2D eigenvalue weighted by atomic mass is 16.6. The molecular formula is C23H24N2O4. The van der Waals surface area contributed by atoms with Crippen molar-refractivity contribution in [1.82, 2.24) is 0 Å². The third-order valence-electron chi connectivity index (χ3n) is 7.06. The van der Waals surface area contributed by atoms with E-state index in [-0.39, 0.29) is 22.6 Å². The van der Waals surface area contributed by atoms with Crippen LogP contribution in [0, 0.1) is 27.9 Å². The van der Waals surface area contributed by atoms with Crippen LogP contribution in [0.1, 0.15) is 59.6 Å². The Morgan fingerprint density at radius 1 is 1.17 bits per heavy atom. The maximum atomic E-state index is 12.3. The van der Waals surface area contributed by atoms with Gasteiger partial charge in [0.2, 0.25) is 0 Å². The number of nitrogens with one attached hydrogen (secondary N) is 1. The Labute approximate surface area is 169 Å². The molecule has 0 spiro atoms. The molecule has 0 saturated heterocycles. The van der Waals surface area contributed by atoms with Crippen LogP contribution in [0.25, 0.3) is 0 Å². The zero-order valence-corrected chi connectivity index (χ0v) is 16.3. The highest BCUT2D eigenvalue weighted by molar-refractivity contribution is 5.90. The van der Waals surface area contributed by atoms with Crippen molar-refractivity contribution in [1.29, 1.82) is 0 Å². The van der Waals surface area contributed by atoms with Crippen LogP contribution >= 0.6 is 0 Å². The Hall–Kier alpha value is -2.89. The maximum Gasteiger partial charge on any atom is 0.338 e. The van der Waals surface area contributed by atoms with Crippen molar-refractivity contribution in [3.63, 3.8) is 0 Å². The van der Waals surface area contributed by atoms with Gasteiger partial charge in [-0.25, -0.2) is 4.79 Å². The van der Waals surface area contributed by atoms with Gasteiger partial charge in [-0.1, -0.05) is 12.1 Å². The van der Waals surface area contributed by atoms with E-state index in [1.54, 1.807) is 12.1 Å². The molecule has 2 aromatic carbocycles. The minimum Gasteiger partial charge on any atom is -0.462 e. The van der Waals surface area contributed by atoms with Gasteiger partial charge in [-0.15, -0.1) is 0 Å². The van der Waals surface area contributed by atoms with E-state index < -0.39 is 0 Å². The summed E-state index contributed by atoms with van der Waals surface area (Å²) in [5.41, 5.74) is 4.12. The summed E-state index contributed by atoms with van der Waals surface area (Å²) in [6, 6.07) is 12.9. The predicted octanol–water partition coefficient (Wildman–Crippen LogP) is 5.07. The summed E-state index contributed by atoms with van der Waals surface area (Å²) in [7, 11) is 0. The third kappa shape index (κ3) is 2.89. The number of nitro groups is 1. The molecule has 150 valence electrons. The monoisotopic (exact) mass is 392 g/mol. The van der Waals surface area contributed by atoms with E-state index in [2.05, 4.69) is 5.32 Å². The van der Waals surface area contributed by atoms with Gasteiger partial charge in [0.25, 0.3) is 5.69 Å². The number of nitrogens with zero attached hydrogens (tertiary/aromatic N) is 1. The molecule has 1 heterocycles. The number of anilines is 1. The number of carbonyl (C=O) groups excluding carboxylic acids is 1. The maximum absolute atomic E-state index is 12.3. The molecule has 5 atom stereocenters. The molecule has 2 aliphatic carbocycles. The smallest absolute Gasteiger partial charge is 0.338 e. The average Bonchev–Trinajstić information content (AvgIpc) is 3.36. The second-order valence-electron chi connectivity index (χ2n) is 8.43. The van der Waals surface area contributed by atoms with Crippen LogP contribution in [0.4, 0.5) is 11.4 Å². The molecule has 6 heteroatoms. The van der Waals surface area contributed by atoms with Crippen molar-refractivity contribution >= 4 is 17.3 Å². The van der Waals surface area contributed by atoms with Crippen molar-refractivity contribution in [3.05, 3.63) is 69.3 Å². The number of carbonyl (C=O) groups is 1. The summed E-state index contributed by atoms with van der Waals surface area (Å²) in [6.07, 6.45) is 3.70. The number of ether oxygens (including phenoxy) is 1. The molecule has 2 aromatic rings. The Kier molecular flexibility index (Phi) is 4.30. The van der Waals surface area contributed by atoms with E-state index >= 15 is 0 Å². The normalized spacial score (nSPS) is 28.9. The minimum absolute atomic E-state index is 0.119. The summed E-state index contributed by atoms with van der Waals surface area (Å²) >= 11 is 0. The Morgan fingerprint density at radius 3 is 2.66 bits per heavy atom. The van der Waals surface area contributed by atoms with Crippen molar-refractivity contribution in [2.24, 2.45) is 17.8 Å². The van der Waals surface area contributed by atoms with Gasteiger partial charge < -0.3 is 10.1 Å². The molecule has 1 aliphatic heterocycles. The Bertz CT molecular complexity index is 971. The summed E-state index contributed by atoms with van der Waals surface area (Å²) in [4.78, 5) is 22.9. The topological polar surface area (TPSA) is 81.5 Å². The SMILES string of the molecule is CCOC(=O)c1ccc2c(c1)C1C3CCC(C3)C1C(c1ccc([N+](=O)[O-])cc1)N2. The highest BCUT2D eigenvalue weighted by Crippen LogP contribution is 2.63. The van der Waals surface area contributed by atoms with Crippen molar-refractivity contribution in [3.8, 4) is 0 Å². The minimum atomic E-state index is -0.357. The van der Waals surface area contributed by atoms with Crippen LogP contribution in [0.2, 0.25) is 0 Å². The van der Waals surface area contributed by atoms with E-state index in [4.69, 9.17) is 4.74 Å². The van der Waals surface area contributed by atoms with E-state index in [1.165, 1.54) is 24.8 Å².